The van der Waals surface area contributed by atoms with Crippen LogP contribution in [0.1, 0.15) is 80.6 Å². The fourth-order valence-corrected chi connectivity index (χ4v) is 5.59. The molecule has 1 heterocycles. The second-order valence-corrected chi connectivity index (χ2v) is 11.2. The van der Waals surface area contributed by atoms with Gasteiger partial charge in [0, 0.05) is 25.4 Å². The molecule has 0 spiro atoms. The molecule has 4 rings (SSSR count). The van der Waals surface area contributed by atoms with Crippen molar-refractivity contribution in [2.75, 3.05) is 19.7 Å². The monoisotopic (exact) mass is 576 g/mol. The summed E-state index contributed by atoms with van der Waals surface area (Å²) in [6, 6.07) is 14.9. The average Bonchev–Trinajstić information content (AvgIpc) is 3.01. The first-order valence-electron chi connectivity index (χ1n) is 15.4. The van der Waals surface area contributed by atoms with E-state index in [0.29, 0.717) is 30.8 Å². The van der Waals surface area contributed by atoms with Gasteiger partial charge in [-0.05, 0) is 43.4 Å². The summed E-state index contributed by atoms with van der Waals surface area (Å²) >= 11 is 0. The molecule has 2 atom stereocenters. The third-order valence-corrected chi connectivity index (χ3v) is 7.99. The number of carbonyl (C=O) groups excluding carboxylic acids is 4. The Kier molecular flexibility index (Phi) is 11.8. The molecule has 2 aromatic carbocycles. The molecule has 226 valence electrons. The minimum absolute atomic E-state index is 0.0191. The Morgan fingerprint density at radius 2 is 1.69 bits per heavy atom. The standard InChI is InChI=1S/C33H44N4O5/c1-2-3-20-37-21-22-42-29-17-11-10-16-26(29)31(39)36-27(32(40)34-25-14-8-5-9-15-25)18-19-30(38)35-28(33(37)41)23-24-12-6-4-7-13-24/h4,6-7,10-13,16-17,25,27-28H,2-3,5,8-9,14-15,18-23H2,1H3,(H,34,40)(H,35,38)(H,36,39)/t27-,28-/m0/s1. The SMILES string of the molecule is CCCCN1CCOc2ccccc2C(=O)N[C@H](C(=O)NC2CCCCC2)CCC(=O)N[C@@H](Cc2ccccc2)C1=O. The summed E-state index contributed by atoms with van der Waals surface area (Å²) in [6.45, 7) is 3.08. The largest absolute Gasteiger partial charge is 0.491 e. The highest BCUT2D eigenvalue weighted by molar-refractivity contribution is 6.00. The van der Waals surface area contributed by atoms with Crippen LogP contribution in [0.5, 0.6) is 5.75 Å². The van der Waals surface area contributed by atoms with Crippen LogP contribution in [0.25, 0.3) is 0 Å². The van der Waals surface area contributed by atoms with Gasteiger partial charge in [0.2, 0.25) is 17.7 Å². The molecule has 42 heavy (non-hydrogen) atoms. The lowest BCUT2D eigenvalue weighted by Gasteiger charge is -2.28. The summed E-state index contributed by atoms with van der Waals surface area (Å²) in [7, 11) is 0. The molecular formula is C33H44N4O5. The molecule has 1 aliphatic carbocycles. The van der Waals surface area contributed by atoms with E-state index in [9.17, 15) is 19.2 Å². The van der Waals surface area contributed by atoms with Crippen LogP contribution in [0.3, 0.4) is 0 Å². The van der Waals surface area contributed by atoms with Crippen LogP contribution >= 0.6 is 0 Å². The van der Waals surface area contributed by atoms with Crippen LogP contribution in [0, 0.1) is 0 Å². The van der Waals surface area contributed by atoms with Crippen molar-refractivity contribution < 1.29 is 23.9 Å². The van der Waals surface area contributed by atoms with E-state index in [1.165, 1.54) is 0 Å². The molecule has 0 aromatic heterocycles. The summed E-state index contributed by atoms with van der Waals surface area (Å²) < 4.78 is 6.04. The number of nitrogens with one attached hydrogen (secondary N) is 3. The summed E-state index contributed by atoms with van der Waals surface area (Å²) in [4.78, 5) is 55.7. The van der Waals surface area contributed by atoms with E-state index >= 15 is 0 Å². The van der Waals surface area contributed by atoms with Gasteiger partial charge in [0.25, 0.3) is 5.91 Å². The molecule has 0 unspecified atom stereocenters. The number of amides is 4. The Labute approximate surface area is 248 Å². The molecule has 0 radical (unpaired) electrons. The molecule has 9 nitrogen and oxygen atoms in total. The number of fused-ring (bicyclic) bond motifs is 1. The predicted molar refractivity (Wildman–Crippen MR) is 161 cm³/mol. The number of hydrogen-bond acceptors (Lipinski definition) is 5. The number of nitrogens with zero attached hydrogens (tertiary/aromatic N) is 1. The van der Waals surface area contributed by atoms with E-state index in [2.05, 4.69) is 22.9 Å². The van der Waals surface area contributed by atoms with Crippen molar-refractivity contribution in [2.24, 2.45) is 0 Å². The lowest BCUT2D eigenvalue weighted by Crippen LogP contribution is -2.52. The van der Waals surface area contributed by atoms with E-state index < -0.39 is 18.0 Å². The van der Waals surface area contributed by atoms with E-state index in [1.54, 1.807) is 29.2 Å². The van der Waals surface area contributed by atoms with E-state index in [0.717, 1.165) is 50.5 Å². The molecule has 4 amide bonds. The fourth-order valence-electron chi connectivity index (χ4n) is 5.59. The molecule has 1 fully saturated rings. The van der Waals surface area contributed by atoms with Crippen molar-refractivity contribution in [2.45, 2.75) is 89.3 Å². The van der Waals surface area contributed by atoms with E-state index in [-0.39, 0.29) is 43.2 Å². The zero-order chi connectivity index (χ0) is 29.7. The van der Waals surface area contributed by atoms with Crippen LogP contribution in [0.15, 0.2) is 54.6 Å². The maximum atomic E-state index is 13.9. The van der Waals surface area contributed by atoms with Crippen molar-refractivity contribution in [3.8, 4) is 5.75 Å². The minimum atomic E-state index is -0.910. The maximum Gasteiger partial charge on any atom is 0.255 e. The molecule has 2 aromatic rings. The van der Waals surface area contributed by atoms with Gasteiger partial charge in [0.15, 0.2) is 0 Å². The number of para-hydroxylation sites is 1. The Morgan fingerprint density at radius 3 is 2.45 bits per heavy atom. The topological polar surface area (TPSA) is 117 Å². The van der Waals surface area contributed by atoms with Crippen molar-refractivity contribution in [3.05, 3.63) is 65.7 Å². The molecule has 0 saturated heterocycles. The quantitative estimate of drug-likeness (QED) is 0.464. The number of ether oxygens (including phenoxy) is 1. The van der Waals surface area contributed by atoms with Crippen LogP contribution in [-0.2, 0) is 20.8 Å². The highest BCUT2D eigenvalue weighted by Crippen LogP contribution is 2.20. The normalized spacial score (nSPS) is 21.2. The minimum Gasteiger partial charge on any atom is -0.491 e. The van der Waals surface area contributed by atoms with Crippen molar-refractivity contribution in [3.63, 3.8) is 0 Å². The van der Waals surface area contributed by atoms with Gasteiger partial charge >= 0.3 is 0 Å². The van der Waals surface area contributed by atoms with Gasteiger partial charge < -0.3 is 25.6 Å². The molecular weight excluding hydrogens is 532 g/mol. The Hall–Kier alpha value is -3.88. The van der Waals surface area contributed by atoms with Crippen LogP contribution in [-0.4, -0.2) is 66.4 Å². The molecule has 1 saturated carbocycles. The van der Waals surface area contributed by atoms with Crippen LogP contribution < -0.4 is 20.7 Å². The summed E-state index contributed by atoms with van der Waals surface area (Å²) in [5.74, 6) is -0.864. The second kappa shape index (κ2) is 15.9. The van der Waals surface area contributed by atoms with Crippen molar-refractivity contribution in [1.82, 2.24) is 20.9 Å². The first-order valence-corrected chi connectivity index (χ1v) is 15.4. The average molecular weight is 577 g/mol. The highest BCUT2D eigenvalue weighted by Gasteiger charge is 2.30. The van der Waals surface area contributed by atoms with Gasteiger partial charge in [-0.3, -0.25) is 19.2 Å². The third kappa shape index (κ3) is 9.06. The van der Waals surface area contributed by atoms with Gasteiger partial charge in [-0.25, -0.2) is 0 Å². The van der Waals surface area contributed by atoms with Gasteiger partial charge in [-0.1, -0.05) is 75.1 Å². The number of benzene rings is 2. The third-order valence-electron chi connectivity index (χ3n) is 7.99. The molecule has 3 N–H and O–H groups in total. The molecule has 9 heteroatoms. The second-order valence-electron chi connectivity index (χ2n) is 11.2. The zero-order valence-electron chi connectivity index (χ0n) is 24.6. The van der Waals surface area contributed by atoms with E-state index in [1.807, 2.05) is 30.3 Å². The molecule has 1 aliphatic heterocycles. The maximum absolute atomic E-state index is 13.9. The van der Waals surface area contributed by atoms with Gasteiger partial charge in [0.05, 0.1) is 12.1 Å². The van der Waals surface area contributed by atoms with Crippen molar-refractivity contribution in [1.29, 1.82) is 0 Å². The summed E-state index contributed by atoms with van der Waals surface area (Å²) in [5, 5.41) is 8.89. The number of carbonyl (C=O) groups is 4. The summed E-state index contributed by atoms with van der Waals surface area (Å²) in [6.07, 6.45) is 7.23. The number of unbranched alkanes of at least 4 members (excludes halogenated alkanes) is 1. The Bertz CT molecular complexity index is 1200. The summed E-state index contributed by atoms with van der Waals surface area (Å²) in [5.41, 5.74) is 1.24. The Morgan fingerprint density at radius 1 is 0.952 bits per heavy atom. The lowest BCUT2D eigenvalue weighted by atomic mass is 9.95. The number of hydrogen-bond donors (Lipinski definition) is 3. The lowest BCUT2D eigenvalue weighted by molar-refractivity contribution is -0.137. The van der Waals surface area contributed by atoms with E-state index in [4.69, 9.17) is 4.74 Å². The first-order chi connectivity index (χ1) is 20.4. The van der Waals surface area contributed by atoms with Crippen molar-refractivity contribution >= 4 is 23.6 Å². The van der Waals surface area contributed by atoms with Crippen LogP contribution in [0.2, 0.25) is 0 Å². The Balaban J connectivity index is 1.60. The first kappa shape index (κ1) is 31.1. The molecule has 0 bridgehead atoms. The highest BCUT2D eigenvalue weighted by atomic mass is 16.5. The predicted octanol–water partition coefficient (Wildman–Crippen LogP) is 3.76. The van der Waals surface area contributed by atoms with Crippen LogP contribution in [0.4, 0.5) is 0 Å². The molecule has 2 aliphatic rings. The zero-order valence-corrected chi connectivity index (χ0v) is 24.6. The van der Waals surface area contributed by atoms with Gasteiger partial charge in [-0.15, -0.1) is 0 Å². The van der Waals surface area contributed by atoms with Gasteiger partial charge in [-0.2, -0.15) is 0 Å². The fraction of sp³-hybridized carbons (Fsp3) is 0.515. The smallest absolute Gasteiger partial charge is 0.255 e. The number of rotatable bonds is 7. The van der Waals surface area contributed by atoms with Gasteiger partial charge in [0.1, 0.15) is 24.4 Å².